The normalized spacial score (nSPS) is 32.7. The van der Waals surface area contributed by atoms with E-state index < -0.39 is 0 Å². The second-order valence-corrected chi connectivity index (χ2v) is 6.84. The summed E-state index contributed by atoms with van der Waals surface area (Å²) in [6.45, 7) is 6.66. The minimum absolute atomic E-state index is 0.224. The number of hydrogen-bond acceptors (Lipinski definition) is 2. The van der Waals surface area contributed by atoms with Crippen LogP contribution in [0.1, 0.15) is 31.8 Å². The number of thiophene rings is 1. The largest absolute Gasteiger partial charge is 0.366 e. The van der Waals surface area contributed by atoms with Gasteiger partial charge >= 0.3 is 0 Å². The maximum absolute atomic E-state index is 5.92. The van der Waals surface area contributed by atoms with Crippen LogP contribution >= 0.6 is 27.3 Å². The monoisotopic (exact) mass is 274 g/mol. The predicted octanol–water partition coefficient (Wildman–Crippen LogP) is 4.00. The molecular weight excluding hydrogens is 260 g/mol. The fourth-order valence-electron chi connectivity index (χ4n) is 1.74. The Morgan fingerprint density at radius 1 is 1.43 bits per heavy atom. The molecule has 1 saturated heterocycles. The fraction of sp³-hybridized carbons (Fsp3) is 0.636. The molecule has 0 bridgehead atoms. The molecule has 78 valence electrons. The zero-order chi connectivity index (χ0) is 10.3. The average molecular weight is 275 g/mol. The summed E-state index contributed by atoms with van der Waals surface area (Å²) in [4.78, 5) is 1.79. The third kappa shape index (κ3) is 1.77. The molecule has 1 nitrogen and oxygen atoms in total. The highest BCUT2D eigenvalue weighted by atomic mass is 79.9. The van der Waals surface area contributed by atoms with E-state index in [4.69, 9.17) is 4.74 Å². The maximum atomic E-state index is 5.92. The van der Waals surface area contributed by atoms with Gasteiger partial charge in [-0.1, -0.05) is 42.8 Å². The van der Waals surface area contributed by atoms with Crippen LogP contribution in [0.3, 0.4) is 0 Å². The Balaban J connectivity index is 2.04. The summed E-state index contributed by atoms with van der Waals surface area (Å²) < 4.78 is 5.92. The molecule has 3 atom stereocenters. The predicted molar refractivity (Wildman–Crippen MR) is 64.1 cm³/mol. The lowest BCUT2D eigenvalue weighted by molar-refractivity contribution is -0.160. The molecule has 0 N–H and O–H groups in total. The lowest BCUT2D eigenvalue weighted by atomic mass is 9.82. The van der Waals surface area contributed by atoms with Gasteiger partial charge in [0.25, 0.3) is 0 Å². The lowest BCUT2D eigenvalue weighted by Crippen LogP contribution is -2.50. The van der Waals surface area contributed by atoms with Crippen molar-refractivity contribution in [2.75, 3.05) is 0 Å². The van der Waals surface area contributed by atoms with Crippen molar-refractivity contribution in [3.63, 3.8) is 0 Å². The number of hydrogen-bond donors (Lipinski definition) is 0. The molecule has 0 unspecified atom stereocenters. The topological polar surface area (TPSA) is 9.23 Å². The van der Waals surface area contributed by atoms with Gasteiger partial charge in [-0.25, -0.2) is 0 Å². The Kier molecular flexibility index (Phi) is 2.75. The van der Waals surface area contributed by atoms with Crippen LogP contribution < -0.4 is 0 Å². The van der Waals surface area contributed by atoms with E-state index in [1.54, 1.807) is 11.3 Å². The van der Waals surface area contributed by atoms with Crippen LogP contribution in [0.25, 0.3) is 0 Å². The highest BCUT2D eigenvalue weighted by molar-refractivity contribution is 9.09. The Morgan fingerprint density at radius 2 is 2.14 bits per heavy atom. The van der Waals surface area contributed by atoms with Gasteiger partial charge < -0.3 is 4.74 Å². The van der Waals surface area contributed by atoms with Crippen LogP contribution in [0.15, 0.2) is 17.5 Å². The smallest absolute Gasteiger partial charge is 0.107 e. The van der Waals surface area contributed by atoms with Crippen LogP contribution in [-0.4, -0.2) is 10.9 Å². The second kappa shape index (κ2) is 3.62. The van der Waals surface area contributed by atoms with Crippen molar-refractivity contribution in [3.8, 4) is 0 Å². The molecule has 2 rings (SSSR count). The fourth-order valence-corrected chi connectivity index (χ4v) is 4.05. The first kappa shape index (κ1) is 10.7. The van der Waals surface area contributed by atoms with Crippen molar-refractivity contribution in [1.29, 1.82) is 0 Å². The van der Waals surface area contributed by atoms with Gasteiger partial charge in [0, 0.05) is 4.88 Å². The van der Waals surface area contributed by atoms with Gasteiger partial charge in [0.1, 0.15) is 6.10 Å². The van der Waals surface area contributed by atoms with Crippen LogP contribution in [0.5, 0.6) is 0 Å². The van der Waals surface area contributed by atoms with E-state index in [0.29, 0.717) is 10.9 Å². The zero-order valence-electron chi connectivity index (χ0n) is 8.66. The first-order valence-corrected chi connectivity index (χ1v) is 6.62. The summed E-state index contributed by atoms with van der Waals surface area (Å²) in [7, 11) is 0. The van der Waals surface area contributed by atoms with Gasteiger partial charge in [0.15, 0.2) is 0 Å². The molecule has 0 amide bonds. The Bertz CT molecular complexity index is 302. The van der Waals surface area contributed by atoms with Gasteiger partial charge in [0.2, 0.25) is 0 Å². The highest BCUT2D eigenvalue weighted by Crippen LogP contribution is 2.48. The molecule has 3 heteroatoms. The van der Waals surface area contributed by atoms with Crippen molar-refractivity contribution < 1.29 is 4.74 Å². The standard InChI is InChI=1S/C11H15BrOS/c1-11(2,3)10-8(12)9(13-10)7-5-4-6-14-7/h4-6,8-10H,1-3H3/t8-,9-,10-/m1/s1. The first-order valence-electron chi connectivity index (χ1n) is 4.83. The van der Waals surface area contributed by atoms with E-state index in [1.807, 2.05) is 0 Å². The number of ether oxygens (including phenoxy) is 1. The number of rotatable bonds is 1. The summed E-state index contributed by atoms with van der Waals surface area (Å²) in [6, 6.07) is 4.22. The van der Waals surface area contributed by atoms with E-state index in [9.17, 15) is 0 Å². The van der Waals surface area contributed by atoms with E-state index in [0.717, 1.165) is 0 Å². The minimum atomic E-state index is 0.224. The maximum Gasteiger partial charge on any atom is 0.107 e. The van der Waals surface area contributed by atoms with Crippen molar-refractivity contribution in [2.45, 2.75) is 37.8 Å². The number of halogens is 1. The van der Waals surface area contributed by atoms with Crippen LogP contribution in [0.4, 0.5) is 0 Å². The third-order valence-corrected chi connectivity index (χ3v) is 4.44. The van der Waals surface area contributed by atoms with Gasteiger partial charge in [-0.05, 0) is 16.9 Å². The van der Waals surface area contributed by atoms with Crippen molar-refractivity contribution >= 4 is 27.3 Å². The lowest BCUT2D eigenvalue weighted by Gasteiger charge is -2.48. The molecule has 2 heterocycles. The van der Waals surface area contributed by atoms with Gasteiger partial charge in [-0.15, -0.1) is 11.3 Å². The average Bonchev–Trinajstić information content (AvgIpc) is 2.52. The SMILES string of the molecule is CC(C)(C)[C@@H]1O[C@H](c2cccs2)[C@H]1Br. The summed E-state index contributed by atoms with van der Waals surface area (Å²) in [5.74, 6) is 0. The molecule has 1 aliphatic rings. The summed E-state index contributed by atoms with van der Waals surface area (Å²) in [5, 5.41) is 2.10. The summed E-state index contributed by atoms with van der Waals surface area (Å²) >= 11 is 5.50. The molecule has 0 saturated carbocycles. The zero-order valence-corrected chi connectivity index (χ0v) is 11.1. The Labute approximate surface area is 97.6 Å². The minimum Gasteiger partial charge on any atom is -0.366 e. The third-order valence-electron chi connectivity index (χ3n) is 2.55. The molecule has 1 aliphatic heterocycles. The van der Waals surface area contributed by atoms with E-state index >= 15 is 0 Å². The van der Waals surface area contributed by atoms with Crippen molar-refractivity contribution in [3.05, 3.63) is 22.4 Å². The molecule has 0 aliphatic carbocycles. The Hall–Kier alpha value is 0.140. The van der Waals surface area contributed by atoms with Crippen LogP contribution in [0.2, 0.25) is 0 Å². The van der Waals surface area contributed by atoms with Crippen LogP contribution in [-0.2, 0) is 4.74 Å². The summed E-state index contributed by atoms with van der Waals surface area (Å²) in [6.07, 6.45) is 0.592. The van der Waals surface area contributed by atoms with Crippen molar-refractivity contribution in [2.24, 2.45) is 5.41 Å². The van der Waals surface area contributed by atoms with Gasteiger partial charge in [-0.2, -0.15) is 0 Å². The molecule has 0 aromatic carbocycles. The summed E-state index contributed by atoms with van der Waals surface area (Å²) in [5.41, 5.74) is 0.224. The molecule has 1 aromatic heterocycles. The quantitative estimate of drug-likeness (QED) is 0.704. The molecule has 0 spiro atoms. The van der Waals surface area contributed by atoms with Gasteiger partial charge in [-0.3, -0.25) is 0 Å². The molecule has 1 aromatic rings. The second-order valence-electron chi connectivity index (χ2n) is 4.80. The molecule has 14 heavy (non-hydrogen) atoms. The van der Waals surface area contributed by atoms with Gasteiger partial charge in [0.05, 0.1) is 10.9 Å². The first-order chi connectivity index (χ1) is 6.50. The number of alkyl halides is 1. The Morgan fingerprint density at radius 3 is 2.57 bits per heavy atom. The van der Waals surface area contributed by atoms with E-state index in [-0.39, 0.29) is 11.5 Å². The highest BCUT2D eigenvalue weighted by Gasteiger charge is 2.47. The van der Waals surface area contributed by atoms with E-state index in [1.165, 1.54) is 4.88 Å². The molecule has 0 radical (unpaired) electrons. The van der Waals surface area contributed by atoms with E-state index in [2.05, 4.69) is 54.2 Å². The van der Waals surface area contributed by atoms with Crippen LogP contribution in [0, 0.1) is 5.41 Å². The van der Waals surface area contributed by atoms with Crippen molar-refractivity contribution in [1.82, 2.24) is 0 Å². The molecule has 1 fully saturated rings. The molecular formula is C11H15BrOS.